The zero-order valence-electron chi connectivity index (χ0n) is 11.2. The molecule has 0 N–H and O–H groups in total. The largest absolute Gasteiger partial charge is 0.347 e. The van der Waals surface area contributed by atoms with Gasteiger partial charge < -0.3 is 4.90 Å². The van der Waals surface area contributed by atoms with Gasteiger partial charge in [0.1, 0.15) is 5.82 Å². The fourth-order valence-electron chi connectivity index (χ4n) is 1.85. The van der Waals surface area contributed by atoms with Gasteiger partial charge in [0.2, 0.25) is 11.2 Å². The van der Waals surface area contributed by atoms with Crippen LogP contribution in [0.1, 0.15) is 11.1 Å². The molecule has 0 atom stereocenters. The Balaban J connectivity index is 2.65. The Morgan fingerprint density at radius 2 is 1.79 bits per heavy atom. The first kappa shape index (κ1) is 13.7. The first-order valence-corrected chi connectivity index (χ1v) is 6.12. The number of hydrogen-bond donors (Lipinski definition) is 0. The van der Waals surface area contributed by atoms with Gasteiger partial charge in [-0.3, -0.25) is 0 Å². The molecule has 0 radical (unpaired) electrons. The lowest BCUT2D eigenvalue weighted by Gasteiger charge is -2.12. The van der Waals surface area contributed by atoms with Crippen LogP contribution in [0.3, 0.4) is 0 Å². The molecule has 0 unspecified atom stereocenters. The van der Waals surface area contributed by atoms with E-state index in [2.05, 4.69) is 15.0 Å². The SMILES string of the molecule is Cc1cc(C)c(-c2nc(Cl)nc(N(C)C)n2)c(F)c1. The number of aromatic nitrogens is 3. The van der Waals surface area contributed by atoms with Crippen LogP contribution in [-0.4, -0.2) is 29.0 Å². The summed E-state index contributed by atoms with van der Waals surface area (Å²) >= 11 is 5.87. The van der Waals surface area contributed by atoms with E-state index in [1.54, 1.807) is 19.0 Å². The van der Waals surface area contributed by atoms with Crippen molar-refractivity contribution in [1.82, 2.24) is 15.0 Å². The minimum absolute atomic E-state index is 0.0491. The van der Waals surface area contributed by atoms with Gasteiger partial charge in [-0.2, -0.15) is 15.0 Å². The monoisotopic (exact) mass is 280 g/mol. The van der Waals surface area contributed by atoms with Crippen molar-refractivity contribution in [3.63, 3.8) is 0 Å². The molecular formula is C13H14ClFN4. The van der Waals surface area contributed by atoms with Gasteiger partial charge in [-0.25, -0.2) is 4.39 Å². The van der Waals surface area contributed by atoms with Gasteiger partial charge in [-0.1, -0.05) is 6.07 Å². The van der Waals surface area contributed by atoms with E-state index >= 15 is 0 Å². The Kier molecular flexibility index (Phi) is 3.66. The van der Waals surface area contributed by atoms with Gasteiger partial charge in [-0.15, -0.1) is 0 Å². The molecule has 0 aliphatic carbocycles. The molecule has 1 heterocycles. The van der Waals surface area contributed by atoms with E-state index < -0.39 is 0 Å². The molecule has 0 fully saturated rings. The predicted molar refractivity (Wildman–Crippen MR) is 74.0 cm³/mol. The molecular weight excluding hydrogens is 267 g/mol. The fourth-order valence-corrected chi connectivity index (χ4v) is 2.01. The Bertz CT molecular complexity index is 605. The third-order valence-electron chi connectivity index (χ3n) is 2.65. The van der Waals surface area contributed by atoms with E-state index in [1.165, 1.54) is 6.07 Å². The number of aryl methyl sites for hydroxylation is 2. The summed E-state index contributed by atoms with van der Waals surface area (Å²) in [7, 11) is 3.57. The summed E-state index contributed by atoms with van der Waals surface area (Å²) < 4.78 is 14.1. The second-order valence-electron chi connectivity index (χ2n) is 4.56. The molecule has 0 aliphatic heterocycles. The highest BCUT2D eigenvalue weighted by Gasteiger charge is 2.15. The Morgan fingerprint density at radius 1 is 1.11 bits per heavy atom. The second-order valence-corrected chi connectivity index (χ2v) is 4.90. The van der Waals surface area contributed by atoms with E-state index in [0.29, 0.717) is 11.5 Å². The van der Waals surface area contributed by atoms with Crippen LogP contribution in [-0.2, 0) is 0 Å². The van der Waals surface area contributed by atoms with Crippen molar-refractivity contribution in [2.75, 3.05) is 19.0 Å². The third-order valence-corrected chi connectivity index (χ3v) is 2.82. The van der Waals surface area contributed by atoms with Crippen LogP contribution >= 0.6 is 11.6 Å². The fraction of sp³-hybridized carbons (Fsp3) is 0.308. The van der Waals surface area contributed by atoms with Crippen LogP contribution < -0.4 is 4.90 Å². The Labute approximate surface area is 116 Å². The maximum Gasteiger partial charge on any atom is 0.229 e. The molecule has 4 nitrogen and oxygen atoms in total. The molecule has 6 heteroatoms. The lowest BCUT2D eigenvalue weighted by molar-refractivity contribution is 0.627. The van der Waals surface area contributed by atoms with Crippen molar-refractivity contribution in [2.45, 2.75) is 13.8 Å². The predicted octanol–water partition coefficient (Wildman–Crippen LogP) is 3.01. The summed E-state index contributed by atoms with van der Waals surface area (Å²) in [6.07, 6.45) is 0. The average Bonchev–Trinajstić information content (AvgIpc) is 2.26. The van der Waals surface area contributed by atoms with Crippen LogP contribution in [0.5, 0.6) is 0 Å². The van der Waals surface area contributed by atoms with E-state index in [1.807, 2.05) is 19.9 Å². The lowest BCUT2D eigenvalue weighted by atomic mass is 10.0. The van der Waals surface area contributed by atoms with Crippen molar-refractivity contribution in [3.05, 3.63) is 34.4 Å². The third kappa shape index (κ3) is 2.81. The minimum Gasteiger partial charge on any atom is -0.347 e. The van der Waals surface area contributed by atoms with Crippen molar-refractivity contribution < 1.29 is 4.39 Å². The highest BCUT2D eigenvalue weighted by molar-refractivity contribution is 6.28. The first-order valence-electron chi connectivity index (χ1n) is 5.74. The molecule has 0 spiro atoms. The molecule has 100 valence electrons. The first-order chi connectivity index (χ1) is 8.88. The molecule has 19 heavy (non-hydrogen) atoms. The molecule has 1 aromatic carbocycles. The summed E-state index contributed by atoms with van der Waals surface area (Å²) in [5, 5.41) is 0.0491. The zero-order chi connectivity index (χ0) is 14.2. The van der Waals surface area contributed by atoms with E-state index in [4.69, 9.17) is 11.6 Å². The van der Waals surface area contributed by atoms with E-state index in [0.717, 1.165) is 11.1 Å². The summed E-state index contributed by atoms with van der Waals surface area (Å²) in [4.78, 5) is 13.9. The summed E-state index contributed by atoms with van der Waals surface area (Å²) in [6, 6.07) is 3.33. The highest BCUT2D eigenvalue weighted by Crippen LogP contribution is 2.26. The van der Waals surface area contributed by atoms with Crippen molar-refractivity contribution in [1.29, 1.82) is 0 Å². The minimum atomic E-state index is -0.357. The summed E-state index contributed by atoms with van der Waals surface area (Å²) in [5.41, 5.74) is 1.98. The number of rotatable bonds is 2. The standard InChI is InChI=1S/C13H14ClFN4/c1-7-5-8(2)10(9(15)6-7)11-16-12(14)18-13(17-11)19(3)4/h5-6H,1-4H3. The number of halogens is 2. The molecule has 0 bridgehead atoms. The lowest BCUT2D eigenvalue weighted by Crippen LogP contribution is -2.14. The van der Waals surface area contributed by atoms with Gasteiger partial charge >= 0.3 is 0 Å². The van der Waals surface area contributed by atoms with Crippen LogP contribution in [0.4, 0.5) is 10.3 Å². The Hall–Kier alpha value is -1.75. The summed E-state index contributed by atoms with van der Waals surface area (Å²) in [6.45, 7) is 3.66. The molecule has 0 amide bonds. The van der Waals surface area contributed by atoms with E-state index in [9.17, 15) is 4.39 Å². The van der Waals surface area contributed by atoms with Gasteiger partial charge in [-0.05, 0) is 42.6 Å². The van der Waals surface area contributed by atoms with E-state index in [-0.39, 0.29) is 16.9 Å². The number of hydrogen-bond acceptors (Lipinski definition) is 4. The zero-order valence-corrected chi connectivity index (χ0v) is 12.0. The molecule has 2 rings (SSSR count). The average molecular weight is 281 g/mol. The van der Waals surface area contributed by atoms with Gasteiger partial charge in [0, 0.05) is 14.1 Å². The second kappa shape index (κ2) is 5.09. The van der Waals surface area contributed by atoms with Crippen molar-refractivity contribution in [3.8, 4) is 11.4 Å². The van der Waals surface area contributed by atoms with Crippen LogP contribution in [0.25, 0.3) is 11.4 Å². The Morgan fingerprint density at radius 3 is 2.37 bits per heavy atom. The van der Waals surface area contributed by atoms with Gasteiger partial charge in [0.25, 0.3) is 0 Å². The van der Waals surface area contributed by atoms with Gasteiger partial charge in [0.05, 0.1) is 5.56 Å². The topological polar surface area (TPSA) is 41.9 Å². The highest BCUT2D eigenvalue weighted by atomic mass is 35.5. The molecule has 1 aromatic heterocycles. The molecule has 2 aromatic rings. The molecule has 0 aliphatic rings. The van der Waals surface area contributed by atoms with Crippen molar-refractivity contribution >= 4 is 17.5 Å². The van der Waals surface area contributed by atoms with Crippen LogP contribution in [0, 0.1) is 19.7 Å². The summed E-state index contributed by atoms with van der Waals surface area (Å²) in [5.74, 6) is 0.289. The molecule has 0 saturated heterocycles. The maximum absolute atomic E-state index is 14.1. The van der Waals surface area contributed by atoms with Crippen LogP contribution in [0.2, 0.25) is 5.28 Å². The number of nitrogens with zero attached hydrogens (tertiary/aromatic N) is 4. The van der Waals surface area contributed by atoms with Crippen molar-refractivity contribution in [2.24, 2.45) is 0 Å². The molecule has 0 saturated carbocycles. The number of anilines is 1. The maximum atomic E-state index is 14.1. The smallest absolute Gasteiger partial charge is 0.229 e. The van der Waals surface area contributed by atoms with Crippen LogP contribution in [0.15, 0.2) is 12.1 Å². The van der Waals surface area contributed by atoms with Gasteiger partial charge in [0.15, 0.2) is 5.82 Å². The quantitative estimate of drug-likeness (QED) is 0.848. The number of benzene rings is 1. The normalized spacial score (nSPS) is 10.6.